The summed E-state index contributed by atoms with van der Waals surface area (Å²) >= 11 is 0. The Morgan fingerprint density at radius 3 is 2.36 bits per heavy atom. The Balaban J connectivity index is 1.61. The van der Waals surface area contributed by atoms with Gasteiger partial charge in [0.1, 0.15) is 40.4 Å². The fraction of sp³-hybridized carbons (Fsp3) is 0.429. The summed E-state index contributed by atoms with van der Waals surface area (Å²) < 4.78 is 31.9. The van der Waals surface area contributed by atoms with E-state index in [1.165, 1.54) is 31.5 Å². The molecule has 1 aromatic heterocycles. The minimum absolute atomic E-state index is 0.0386. The van der Waals surface area contributed by atoms with E-state index < -0.39 is 29.4 Å². The second kappa shape index (κ2) is 14.4. The number of aryl methyl sites for hydroxylation is 3. The Hall–Kier alpha value is -4.71. The first-order valence-electron chi connectivity index (χ1n) is 15.4. The highest BCUT2D eigenvalue weighted by Crippen LogP contribution is 2.31. The number of carbonyl (C=O) groups is 3. The fourth-order valence-corrected chi connectivity index (χ4v) is 5.36. The molecule has 0 bridgehead atoms. The van der Waals surface area contributed by atoms with Gasteiger partial charge in [-0.15, -0.1) is 0 Å². The monoisotopic (exact) mass is 650 g/mol. The molecule has 2 heterocycles. The van der Waals surface area contributed by atoms with Crippen LogP contribution in [0.1, 0.15) is 76.8 Å². The van der Waals surface area contributed by atoms with Crippen molar-refractivity contribution in [2.24, 2.45) is 0 Å². The van der Waals surface area contributed by atoms with Gasteiger partial charge in [0.15, 0.2) is 0 Å². The first-order valence-corrected chi connectivity index (χ1v) is 15.4. The second-order valence-corrected chi connectivity index (χ2v) is 12.9. The first-order chi connectivity index (χ1) is 22.1. The third-order valence-corrected chi connectivity index (χ3v) is 7.92. The van der Waals surface area contributed by atoms with E-state index >= 15 is 0 Å². The molecule has 0 saturated carbocycles. The number of pyridine rings is 1. The molecule has 3 aromatic rings. The number of carboxylic acid groups (broad SMARTS) is 1. The Kier molecular flexibility index (Phi) is 10.7. The number of nitrogens with zero attached hydrogens (tertiary/aromatic N) is 3. The van der Waals surface area contributed by atoms with Gasteiger partial charge in [0.2, 0.25) is 0 Å². The SMILES string of the molecule is COc1cnc(NC(=O)c2cc(C(=O)O)c(O[C@H](CN3CCN(C(=O)OC(C)(C)C)[C@H](C)C3)c3ccc(C)c(F)c3)cc2C)c(C)c1. The first kappa shape index (κ1) is 35.1. The number of rotatable bonds is 9. The second-order valence-electron chi connectivity index (χ2n) is 12.9. The molecule has 1 fully saturated rings. The number of carbonyl (C=O) groups excluding carboxylic acids is 2. The zero-order valence-corrected chi connectivity index (χ0v) is 28.1. The zero-order valence-electron chi connectivity index (χ0n) is 28.1. The van der Waals surface area contributed by atoms with Gasteiger partial charge in [0.25, 0.3) is 5.91 Å². The molecule has 1 aliphatic rings. The molecule has 2 N–H and O–H groups in total. The molecule has 2 atom stereocenters. The van der Waals surface area contributed by atoms with Gasteiger partial charge in [-0.25, -0.2) is 19.0 Å². The van der Waals surface area contributed by atoms with Crippen LogP contribution < -0.4 is 14.8 Å². The van der Waals surface area contributed by atoms with Crippen molar-refractivity contribution in [2.75, 3.05) is 38.6 Å². The number of nitrogens with one attached hydrogen (secondary N) is 1. The van der Waals surface area contributed by atoms with Gasteiger partial charge in [-0.2, -0.15) is 0 Å². The van der Waals surface area contributed by atoms with E-state index in [2.05, 4.69) is 15.2 Å². The van der Waals surface area contributed by atoms with E-state index in [-0.39, 0.29) is 35.6 Å². The molecule has 1 aliphatic heterocycles. The average molecular weight is 651 g/mol. The predicted octanol–water partition coefficient (Wildman–Crippen LogP) is 6.17. The van der Waals surface area contributed by atoms with E-state index in [4.69, 9.17) is 14.2 Å². The van der Waals surface area contributed by atoms with E-state index in [9.17, 15) is 23.9 Å². The topological polar surface area (TPSA) is 131 Å². The molecule has 11 nitrogen and oxygen atoms in total. The molecule has 12 heteroatoms. The summed E-state index contributed by atoms with van der Waals surface area (Å²) in [4.78, 5) is 46.5. The van der Waals surface area contributed by atoms with Crippen LogP contribution in [0, 0.1) is 26.6 Å². The molecule has 252 valence electrons. The smallest absolute Gasteiger partial charge is 0.410 e. The summed E-state index contributed by atoms with van der Waals surface area (Å²) in [5.74, 6) is -1.35. The lowest BCUT2D eigenvalue weighted by molar-refractivity contribution is -0.00301. The van der Waals surface area contributed by atoms with Crippen LogP contribution in [0.4, 0.5) is 15.0 Å². The van der Waals surface area contributed by atoms with Crippen molar-refractivity contribution >= 4 is 23.8 Å². The summed E-state index contributed by atoms with van der Waals surface area (Å²) in [6.45, 7) is 14.2. The van der Waals surface area contributed by atoms with Crippen LogP contribution in [0.2, 0.25) is 0 Å². The number of aromatic carboxylic acids is 1. The predicted molar refractivity (Wildman–Crippen MR) is 175 cm³/mol. The highest BCUT2D eigenvalue weighted by atomic mass is 19.1. The minimum Gasteiger partial charge on any atom is -0.495 e. The quantitative estimate of drug-likeness (QED) is 0.279. The minimum atomic E-state index is -1.29. The van der Waals surface area contributed by atoms with E-state index in [1.54, 1.807) is 43.9 Å². The lowest BCUT2D eigenvalue weighted by atomic mass is 10.0. The number of hydrogen-bond donors (Lipinski definition) is 2. The van der Waals surface area contributed by atoms with Crippen molar-refractivity contribution in [3.05, 3.63) is 81.8 Å². The van der Waals surface area contributed by atoms with Crippen LogP contribution >= 0.6 is 0 Å². The summed E-state index contributed by atoms with van der Waals surface area (Å²) in [6, 6.07) is 9.12. The molecule has 0 radical (unpaired) electrons. The van der Waals surface area contributed by atoms with Crippen LogP contribution in [-0.4, -0.2) is 82.8 Å². The summed E-state index contributed by atoms with van der Waals surface area (Å²) in [6.07, 6.45) is 0.316. The van der Waals surface area contributed by atoms with E-state index in [0.717, 1.165) is 0 Å². The molecule has 2 amide bonds. The maximum atomic E-state index is 14.8. The molecule has 47 heavy (non-hydrogen) atoms. The largest absolute Gasteiger partial charge is 0.495 e. The number of carboxylic acids is 1. The molecule has 1 saturated heterocycles. The molecular weight excluding hydrogens is 607 g/mol. The number of benzene rings is 2. The van der Waals surface area contributed by atoms with Crippen molar-refractivity contribution in [1.82, 2.24) is 14.8 Å². The third kappa shape index (κ3) is 8.76. The van der Waals surface area contributed by atoms with Gasteiger partial charge in [-0.3, -0.25) is 9.69 Å². The molecular formula is C35H43FN4O7. The molecule has 0 aliphatic carbocycles. The average Bonchev–Trinajstić information content (AvgIpc) is 2.98. The standard InChI is InChI=1S/C35H43FN4O7/c1-20-9-10-24(15-28(20)36)30(19-39-11-12-40(23(4)18-39)34(44)47-35(5,6)7)46-29-14-21(2)26(16-27(29)33(42)43)32(41)38-31-22(3)13-25(45-8)17-37-31/h9-10,13-17,23,30H,11-12,18-19H2,1-8H3,(H,42,43)(H,37,38,41)/t23-,30-/m1/s1. The van der Waals surface area contributed by atoms with Crippen molar-refractivity contribution in [1.29, 1.82) is 0 Å². The Bertz CT molecular complexity index is 1660. The Labute approximate surface area is 274 Å². The molecule has 0 spiro atoms. The highest BCUT2D eigenvalue weighted by Gasteiger charge is 2.33. The van der Waals surface area contributed by atoms with Crippen molar-refractivity contribution in [3.63, 3.8) is 0 Å². The van der Waals surface area contributed by atoms with Gasteiger partial charge in [-0.1, -0.05) is 12.1 Å². The van der Waals surface area contributed by atoms with Gasteiger partial charge in [0, 0.05) is 37.8 Å². The number of ether oxygens (including phenoxy) is 3. The van der Waals surface area contributed by atoms with Crippen molar-refractivity contribution in [3.8, 4) is 11.5 Å². The van der Waals surface area contributed by atoms with Gasteiger partial charge >= 0.3 is 12.1 Å². The highest BCUT2D eigenvalue weighted by molar-refractivity contribution is 6.07. The van der Waals surface area contributed by atoms with Crippen LogP contribution in [0.25, 0.3) is 0 Å². The van der Waals surface area contributed by atoms with Crippen molar-refractivity contribution < 1.29 is 38.1 Å². The third-order valence-electron chi connectivity index (χ3n) is 7.92. The van der Waals surface area contributed by atoms with Crippen LogP contribution in [0.3, 0.4) is 0 Å². The summed E-state index contributed by atoms with van der Waals surface area (Å²) in [7, 11) is 1.52. The number of hydrogen-bond acceptors (Lipinski definition) is 8. The summed E-state index contributed by atoms with van der Waals surface area (Å²) in [5.41, 5.74) is 1.42. The fourth-order valence-electron chi connectivity index (χ4n) is 5.36. The lowest BCUT2D eigenvalue weighted by Gasteiger charge is -2.41. The maximum absolute atomic E-state index is 14.8. The van der Waals surface area contributed by atoms with Gasteiger partial charge in [0.05, 0.1) is 13.3 Å². The normalized spacial score (nSPS) is 15.9. The Morgan fingerprint density at radius 2 is 1.77 bits per heavy atom. The number of anilines is 1. The number of methoxy groups -OCH3 is 1. The van der Waals surface area contributed by atoms with Crippen LogP contribution in [0.5, 0.6) is 11.5 Å². The lowest BCUT2D eigenvalue weighted by Crippen LogP contribution is -2.55. The van der Waals surface area contributed by atoms with Gasteiger partial charge < -0.3 is 29.5 Å². The number of piperazine rings is 1. The van der Waals surface area contributed by atoms with Crippen LogP contribution in [-0.2, 0) is 4.74 Å². The Morgan fingerprint density at radius 1 is 1.04 bits per heavy atom. The molecule has 2 aromatic carbocycles. The molecule has 4 rings (SSSR count). The van der Waals surface area contributed by atoms with Crippen molar-refractivity contribution in [2.45, 2.75) is 66.2 Å². The van der Waals surface area contributed by atoms with E-state index in [1.807, 2.05) is 27.7 Å². The summed E-state index contributed by atoms with van der Waals surface area (Å²) in [5, 5.41) is 12.9. The molecule has 0 unspecified atom stereocenters. The van der Waals surface area contributed by atoms with E-state index in [0.29, 0.717) is 53.5 Å². The van der Waals surface area contributed by atoms with Crippen LogP contribution in [0.15, 0.2) is 42.6 Å². The van der Waals surface area contributed by atoms with Gasteiger partial charge in [-0.05, 0) is 95.0 Å². The zero-order chi connectivity index (χ0) is 34.6. The number of halogens is 1. The maximum Gasteiger partial charge on any atom is 0.410 e. The number of aromatic nitrogens is 1. The number of amides is 2.